The van der Waals surface area contributed by atoms with Crippen LogP contribution in [0, 0.1) is 0 Å². The van der Waals surface area contributed by atoms with E-state index in [0.29, 0.717) is 0 Å². The molecule has 5 nitrogen and oxygen atoms in total. The summed E-state index contributed by atoms with van der Waals surface area (Å²) >= 11 is 0. The third-order valence-corrected chi connectivity index (χ3v) is 2.67. The molecular weight excluding hydrogens is 238 g/mol. The maximum Gasteiger partial charge on any atom is 0.256 e. The molecule has 5 N–H and O–H groups in total. The molecule has 0 heterocycles. The molecule has 1 rings (SSSR count). The summed E-state index contributed by atoms with van der Waals surface area (Å²) in [5.41, 5.74) is 12.7. The van der Waals surface area contributed by atoms with E-state index < -0.39 is 0 Å². The molecule has 0 fully saturated rings. The van der Waals surface area contributed by atoms with Crippen molar-refractivity contribution in [1.29, 1.82) is 0 Å². The zero-order chi connectivity index (χ0) is 14.1. The van der Waals surface area contributed by atoms with Crippen molar-refractivity contribution in [3.63, 3.8) is 0 Å². The van der Waals surface area contributed by atoms with Gasteiger partial charge in [-0.1, -0.05) is 13.8 Å². The highest BCUT2D eigenvalue weighted by Gasteiger charge is 2.04. The lowest BCUT2D eigenvalue weighted by Gasteiger charge is -2.23. The smallest absolute Gasteiger partial charge is 0.256 e. The van der Waals surface area contributed by atoms with E-state index in [1.807, 2.05) is 12.1 Å². The minimum atomic E-state index is 0.0185. The molecule has 0 atom stereocenters. The van der Waals surface area contributed by atoms with E-state index in [2.05, 4.69) is 41.1 Å². The number of nitrogens with one attached hydrogen (secondary N) is 1. The van der Waals surface area contributed by atoms with Gasteiger partial charge in [0.1, 0.15) is 0 Å². The van der Waals surface area contributed by atoms with Crippen molar-refractivity contribution in [2.45, 2.75) is 26.7 Å². The fourth-order valence-corrected chi connectivity index (χ4v) is 1.87. The molecule has 0 saturated heterocycles. The summed E-state index contributed by atoms with van der Waals surface area (Å²) in [6.45, 7) is 6.57. The Bertz CT molecular complexity index is 412. The SMILES string of the molecule is CCCN(CCC)c1ccc(/C=[NH+]\N=C(N)N)cc1. The van der Waals surface area contributed by atoms with Gasteiger partial charge in [-0.3, -0.25) is 0 Å². The van der Waals surface area contributed by atoms with Crippen molar-refractivity contribution >= 4 is 17.9 Å². The van der Waals surface area contributed by atoms with Crippen LogP contribution in [0.2, 0.25) is 0 Å². The molecule has 0 aliphatic rings. The predicted molar refractivity (Wildman–Crippen MR) is 81.2 cm³/mol. The number of hydrogen-bond acceptors (Lipinski definition) is 2. The lowest BCUT2D eigenvalue weighted by molar-refractivity contribution is -0.456. The molecule has 1 aromatic carbocycles. The minimum Gasteiger partial charge on any atom is -0.372 e. The maximum atomic E-state index is 5.23. The van der Waals surface area contributed by atoms with Gasteiger partial charge in [0, 0.05) is 29.4 Å². The van der Waals surface area contributed by atoms with E-state index in [1.54, 1.807) is 6.21 Å². The molecule has 1 aromatic rings. The van der Waals surface area contributed by atoms with Gasteiger partial charge in [0.25, 0.3) is 5.96 Å². The van der Waals surface area contributed by atoms with Gasteiger partial charge in [0.2, 0.25) is 6.21 Å². The fraction of sp³-hybridized carbons (Fsp3) is 0.429. The summed E-state index contributed by atoms with van der Waals surface area (Å²) in [6, 6.07) is 8.33. The highest BCUT2D eigenvalue weighted by atomic mass is 15.3. The van der Waals surface area contributed by atoms with Gasteiger partial charge in [-0.25, -0.2) is 0 Å². The number of rotatable bonds is 7. The third-order valence-electron chi connectivity index (χ3n) is 2.67. The van der Waals surface area contributed by atoms with Crippen molar-refractivity contribution < 1.29 is 5.10 Å². The van der Waals surface area contributed by atoms with Gasteiger partial charge in [-0.05, 0) is 37.1 Å². The number of nitrogens with zero attached hydrogens (tertiary/aromatic N) is 2. The zero-order valence-corrected chi connectivity index (χ0v) is 11.8. The Morgan fingerprint density at radius 3 is 2.21 bits per heavy atom. The summed E-state index contributed by atoms with van der Waals surface area (Å²) < 4.78 is 0. The molecule has 0 aliphatic heterocycles. The van der Waals surface area contributed by atoms with Crippen molar-refractivity contribution in [3.05, 3.63) is 29.8 Å². The highest BCUT2D eigenvalue weighted by Crippen LogP contribution is 2.15. The number of nitrogens with two attached hydrogens (primary N) is 2. The number of guanidine groups is 1. The van der Waals surface area contributed by atoms with Crippen molar-refractivity contribution in [1.82, 2.24) is 0 Å². The Balaban J connectivity index is 2.74. The van der Waals surface area contributed by atoms with Crippen molar-refractivity contribution in [2.75, 3.05) is 18.0 Å². The normalized spacial score (nSPS) is 10.6. The number of hydrazone groups is 1. The van der Waals surface area contributed by atoms with Crippen molar-refractivity contribution in [3.8, 4) is 0 Å². The Morgan fingerprint density at radius 1 is 1.16 bits per heavy atom. The summed E-state index contributed by atoms with van der Waals surface area (Å²) in [6.07, 6.45) is 4.06. The maximum absolute atomic E-state index is 5.23. The molecule has 0 aliphatic carbocycles. The molecular formula is C14H24N5+. The molecule has 104 valence electrons. The largest absolute Gasteiger partial charge is 0.372 e. The van der Waals surface area contributed by atoms with Crippen LogP contribution in [0.4, 0.5) is 5.69 Å². The second-order valence-electron chi connectivity index (χ2n) is 4.39. The summed E-state index contributed by atoms with van der Waals surface area (Å²) in [5.74, 6) is 0.0185. The second kappa shape index (κ2) is 8.13. The first-order valence-electron chi connectivity index (χ1n) is 6.69. The van der Waals surface area contributed by atoms with Crippen LogP contribution in [-0.4, -0.2) is 25.3 Å². The molecule has 0 spiro atoms. The second-order valence-corrected chi connectivity index (χ2v) is 4.39. The van der Waals surface area contributed by atoms with Crippen LogP contribution >= 0.6 is 0 Å². The number of anilines is 1. The van der Waals surface area contributed by atoms with Crippen LogP contribution < -0.4 is 21.5 Å². The highest BCUT2D eigenvalue weighted by molar-refractivity contribution is 5.77. The standard InChI is InChI=1S/C14H23N5/c1-3-9-19(10-4-2)13-7-5-12(6-8-13)11-17-18-14(15)16/h5-8,11H,3-4,9-10H2,1-2H3,(H4,15,16,18)/p+1/b17-11-. The van der Waals surface area contributed by atoms with Crippen LogP contribution in [-0.2, 0) is 0 Å². The van der Waals surface area contributed by atoms with Crippen LogP contribution in [0.3, 0.4) is 0 Å². The van der Waals surface area contributed by atoms with Gasteiger partial charge >= 0.3 is 0 Å². The average Bonchev–Trinajstić information content (AvgIpc) is 2.39. The molecule has 0 unspecified atom stereocenters. The molecule has 0 saturated carbocycles. The van der Waals surface area contributed by atoms with E-state index >= 15 is 0 Å². The third kappa shape index (κ3) is 5.42. The number of benzene rings is 1. The zero-order valence-electron chi connectivity index (χ0n) is 11.8. The number of hydrogen-bond donors (Lipinski definition) is 3. The molecule has 0 amide bonds. The van der Waals surface area contributed by atoms with E-state index in [4.69, 9.17) is 11.5 Å². The van der Waals surface area contributed by atoms with E-state index in [-0.39, 0.29) is 5.96 Å². The topological polar surface area (TPSA) is 81.6 Å². The van der Waals surface area contributed by atoms with Gasteiger partial charge in [-0.15, -0.1) is 5.10 Å². The molecule has 0 aromatic heterocycles. The summed E-state index contributed by atoms with van der Waals surface area (Å²) in [4.78, 5) is 2.40. The summed E-state index contributed by atoms with van der Waals surface area (Å²) in [7, 11) is 0. The van der Waals surface area contributed by atoms with Crippen LogP contribution in [0.15, 0.2) is 29.4 Å². The first-order chi connectivity index (χ1) is 9.17. The van der Waals surface area contributed by atoms with E-state index in [0.717, 1.165) is 31.5 Å². The van der Waals surface area contributed by atoms with Gasteiger partial charge in [-0.2, -0.15) is 0 Å². The van der Waals surface area contributed by atoms with E-state index in [9.17, 15) is 0 Å². The van der Waals surface area contributed by atoms with Gasteiger partial charge < -0.3 is 16.4 Å². The average molecular weight is 262 g/mol. The lowest BCUT2D eigenvalue weighted by atomic mass is 10.2. The molecule has 19 heavy (non-hydrogen) atoms. The van der Waals surface area contributed by atoms with E-state index in [1.165, 1.54) is 5.69 Å². The molecule has 0 radical (unpaired) electrons. The van der Waals surface area contributed by atoms with Crippen LogP contribution in [0.25, 0.3) is 0 Å². The first-order valence-corrected chi connectivity index (χ1v) is 6.69. The summed E-state index contributed by atoms with van der Waals surface area (Å²) in [5, 5.41) is 6.39. The quantitative estimate of drug-likeness (QED) is 0.367. The fourth-order valence-electron chi connectivity index (χ4n) is 1.87. The Morgan fingerprint density at radius 2 is 1.74 bits per heavy atom. The molecule has 0 bridgehead atoms. The van der Waals surface area contributed by atoms with Crippen molar-refractivity contribution in [2.24, 2.45) is 16.6 Å². The lowest BCUT2D eigenvalue weighted by Crippen LogP contribution is -2.63. The monoisotopic (exact) mass is 262 g/mol. The molecule has 5 heteroatoms. The van der Waals surface area contributed by atoms with Gasteiger partial charge in [0.15, 0.2) is 0 Å². The Labute approximate surface area is 115 Å². The minimum absolute atomic E-state index is 0.0185. The van der Waals surface area contributed by atoms with Gasteiger partial charge in [0.05, 0.1) is 0 Å². The predicted octanol–water partition coefficient (Wildman–Crippen LogP) is 0.000900. The van der Waals surface area contributed by atoms with Crippen LogP contribution in [0.1, 0.15) is 32.3 Å². The Hall–Kier alpha value is -2.04. The Kier molecular flexibility index (Phi) is 6.43. The first kappa shape index (κ1) is 15.0. The van der Waals surface area contributed by atoms with Crippen LogP contribution in [0.5, 0.6) is 0 Å².